The zero-order chi connectivity index (χ0) is 15.4. The third kappa shape index (κ3) is 2.95. The van der Waals surface area contributed by atoms with E-state index >= 15 is 0 Å². The molecule has 0 amide bonds. The van der Waals surface area contributed by atoms with Crippen LogP contribution in [0.1, 0.15) is 28.7 Å². The number of rotatable bonds is 4. The molecule has 1 aliphatic rings. The fraction of sp³-hybridized carbons (Fsp3) is 0.0909. The zero-order valence-corrected chi connectivity index (χ0v) is 12.5. The van der Waals surface area contributed by atoms with Gasteiger partial charge in [-0.15, -0.1) is 6.42 Å². The standard InChI is InChI=1S/C22H18/c1-3-18-8-4-7-11-22(18)16-17(2)19-12-14-21(15-13-19)20-9-5-6-10-20/h1,4-9,11-15H,2,10,16H2. The third-order valence-electron chi connectivity index (χ3n) is 4.01. The SMILES string of the molecule is C#Cc1ccccc1CC(=C)c1ccc(C2=CC=CC2)cc1. The van der Waals surface area contributed by atoms with E-state index in [-0.39, 0.29) is 0 Å². The van der Waals surface area contributed by atoms with Crippen LogP contribution in [0, 0.1) is 12.3 Å². The lowest BCUT2D eigenvalue weighted by Gasteiger charge is -2.10. The van der Waals surface area contributed by atoms with Crippen molar-refractivity contribution in [3.05, 3.63) is 95.6 Å². The first-order valence-electron chi connectivity index (χ1n) is 7.47. The molecule has 2 aromatic rings. The van der Waals surface area contributed by atoms with Crippen LogP contribution in [0.25, 0.3) is 11.1 Å². The lowest BCUT2D eigenvalue weighted by molar-refractivity contribution is 1.27. The summed E-state index contributed by atoms with van der Waals surface area (Å²) in [6.07, 6.45) is 13.8. The van der Waals surface area contributed by atoms with Gasteiger partial charge in [0.1, 0.15) is 0 Å². The minimum absolute atomic E-state index is 0.782. The highest BCUT2D eigenvalue weighted by atomic mass is 14.1. The monoisotopic (exact) mass is 282 g/mol. The maximum Gasteiger partial charge on any atom is 0.0277 e. The van der Waals surface area contributed by atoms with Crippen molar-refractivity contribution < 1.29 is 0 Å². The van der Waals surface area contributed by atoms with Crippen molar-refractivity contribution >= 4 is 11.1 Å². The summed E-state index contributed by atoms with van der Waals surface area (Å²) < 4.78 is 0. The van der Waals surface area contributed by atoms with Gasteiger partial charge in [0, 0.05) is 5.56 Å². The number of terminal acetylenes is 1. The smallest absolute Gasteiger partial charge is 0.0277 e. The predicted octanol–water partition coefficient (Wildman–Crippen LogP) is 5.27. The first kappa shape index (κ1) is 14.2. The van der Waals surface area contributed by atoms with Gasteiger partial charge >= 0.3 is 0 Å². The first-order valence-corrected chi connectivity index (χ1v) is 7.47. The molecular weight excluding hydrogens is 264 g/mol. The van der Waals surface area contributed by atoms with Gasteiger partial charge in [0.25, 0.3) is 0 Å². The molecule has 0 aromatic heterocycles. The van der Waals surface area contributed by atoms with Crippen molar-refractivity contribution in [1.29, 1.82) is 0 Å². The lowest BCUT2D eigenvalue weighted by atomic mass is 9.95. The topological polar surface area (TPSA) is 0 Å². The minimum Gasteiger partial charge on any atom is -0.115 e. The second kappa shape index (κ2) is 6.33. The average molecular weight is 282 g/mol. The number of benzene rings is 2. The molecule has 0 bridgehead atoms. The molecule has 0 aliphatic heterocycles. The van der Waals surface area contributed by atoms with Crippen LogP contribution in [0.3, 0.4) is 0 Å². The second-order valence-corrected chi connectivity index (χ2v) is 5.48. The summed E-state index contributed by atoms with van der Waals surface area (Å²) in [6, 6.07) is 16.7. The highest BCUT2D eigenvalue weighted by Crippen LogP contribution is 2.26. The molecular formula is C22H18. The van der Waals surface area contributed by atoms with Gasteiger partial charge in [0.15, 0.2) is 0 Å². The summed E-state index contributed by atoms with van der Waals surface area (Å²) in [6.45, 7) is 4.23. The van der Waals surface area contributed by atoms with Crippen LogP contribution >= 0.6 is 0 Å². The molecule has 0 unspecified atom stereocenters. The molecule has 3 rings (SSSR count). The quantitative estimate of drug-likeness (QED) is 0.670. The fourth-order valence-corrected chi connectivity index (χ4v) is 2.73. The van der Waals surface area contributed by atoms with Crippen molar-refractivity contribution in [2.75, 3.05) is 0 Å². The molecule has 0 spiro atoms. The first-order chi connectivity index (χ1) is 10.8. The summed E-state index contributed by atoms with van der Waals surface area (Å²) in [7, 11) is 0. The van der Waals surface area contributed by atoms with Gasteiger partial charge in [-0.3, -0.25) is 0 Å². The Morgan fingerprint density at radius 1 is 1.09 bits per heavy atom. The van der Waals surface area contributed by atoms with E-state index in [4.69, 9.17) is 6.42 Å². The van der Waals surface area contributed by atoms with Crippen molar-refractivity contribution in [3.63, 3.8) is 0 Å². The maximum atomic E-state index is 5.56. The largest absolute Gasteiger partial charge is 0.115 e. The summed E-state index contributed by atoms with van der Waals surface area (Å²) in [5.41, 5.74) is 7.01. The molecule has 0 nitrogen and oxygen atoms in total. The van der Waals surface area contributed by atoms with Gasteiger partial charge in [-0.25, -0.2) is 0 Å². The number of hydrogen-bond donors (Lipinski definition) is 0. The zero-order valence-electron chi connectivity index (χ0n) is 12.5. The summed E-state index contributed by atoms with van der Waals surface area (Å²) in [5, 5.41) is 0. The Labute approximate surface area is 132 Å². The maximum absolute atomic E-state index is 5.56. The molecule has 0 fully saturated rings. The predicted molar refractivity (Wildman–Crippen MR) is 95.3 cm³/mol. The minimum atomic E-state index is 0.782. The van der Waals surface area contributed by atoms with Crippen LogP contribution < -0.4 is 0 Å². The van der Waals surface area contributed by atoms with Crippen LogP contribution in [-0.4, -0.2) is 0 Å². The highest BCUT2D eigenvalue weighted by molar-refractivity contribution is 5.73. The summed E-state index contributed by atoms with van der Waals surface area (Å²) >= 11 is 0. The molecule has 106 valence electrons. The Balaban J connectivity index is 1.77. The van der Waals surface area contributed by atoms with Gasteiger partial charge in [-0.2, -0.15) is 0 Å². The van der Waals surface area contributed by atoms with Gasteiger partial charge in [-0.1, -0.05) is 73.2 Å². The highest BCUT2D eigenvalue weighted by Gasteiger charge is 2.06. The van der Waals surface area contributed by atoms with Crippen LogP contribution in [-0.2, 0) is 6.42 Å². The van der Waals surface area contributed by atoms with Crippen molar-refractivity contribution in [2.24, 2.45) is 0 Å². The van der Waals surface area contributed by atoms with Crippen LogP contribution in [0.2, 0.25) is 0 Å². The van der Waals surface area contributed by atoms with Crippen molar-refractivity contribution in [2.45, 2.75) is 12.8 Å². The van der Waals surface area contributed by atoms with Crippen LogP contribution in [0.4, 0.5) is 0 Å². The normalized spacial score (nSPS) is 12.8. The van der Waals surface area contributed by atoms with Crippen LogP contribution in [0.5, 0.6) is 0 Å². The molecule has 0 saturated heterocycles. The van der Waals surface area contributed by atoms with E-state index < -0.39 is 0 Å². The number of hydrogen-bond acceptors (Lipinski definition) is 0. The molecule has 22 heavy (non-hydrogen) atoms. The molecule has 0 saturated carbocycles. The van der Waals surface area contributed by atoms with E-state index in [1.54, 1.807) is 0 Å². The molecule has 0 N–H and O–H groups in total. The van der Waals surface area contributed by atoms with Gasteiger partial charge < -0.3 is 0 Å². The Morgan fingerprint density at radius 3 is 2.55 bits per heavy atom. The van der Waals surface area contributed by atoms with Gasteiger partial charge in [-0.05, 0) is 46.7 Å². The molecule has 0 heterocycles. The lowest BCUT2D eigenvalue weighted by Crippen LogP contribution is -1.93. The number of allylic oxidation sites excluding steroid dienone is 5. The van der Waals surface area contributed by atoms with Crippen molar-refractivity contribution in [3.8, 4) is 12.3 Å². The van der Waals surface area contributed by atoms with E-state index in [1.165, 1.54) is 16.7 Å². The summed E-state index contributed by atoms with van der Waals surface area (Å²) in [5.74, 6) is 2.74. The van der Waals surface area contributed by atoms with Gasteiger partial charge in [0.2, 0.25) is 0 Å². The molecule has 0 atom stereocenters. The van der Waals surface area contributed by atoms with Crippen molar-refractivity contribution in [1.82, 2.24) is 0 Å². The Morgan fingerprint density at radius 2 is 1.86 bits per heavy atom. The van der Waals surface area contributed by atoms with E-state index in [0.29, 0.717) is 0 Å². The molecule has 0 heteroatoms. The van der Waals surface area contributed by atoms with Gasteiger partial charge in [0.05, 0.1) is 0 Å². The fourth-order valence-electron chi connectivity index (χ4n) is 2.73. The Kier molecular flexibility index (Phi) is 4.08. The Bertz CT molecular complexity index is 793. The Hall–Kier alpha value is -2.78. The molecule has 0 radical (unpaired) electrons. The molecule has 2 aromatic carbocycles. The molecule has 1 aliphatic carbocycles. The summed E-state index contributed by atoms with van der Waals surface area (Å²) in [4.78, 5) is 0. The van der Waals surface area contributed by atoms with E-state index in [9.17, 15) is 0 Å². The third-order valence-corrected chi connectivity index (χ3v) is 4.01. The average Bonchev–Trinajstić information content (AvgIpc) is 3.10. The second-order valence-electron chi connectivity index (χ2n) is 5.48. The van der Waals surface area contributed by atoms with Crippen LogP contribution in [0.15, 0.2) is 73.3 Å². The van der Waals surface area contributed by atoms with E-state index in [2.05, 4.69) is 61.1 Å². The van der Waals surface area contributed by atoms with E-state index in [1.807, 2.05) is 18.2 Å². The van der Waals surface area contributed by atoms with E-state index in [0.717, 1.165) is 29.5 Å².